The van der Waals surface area contributed by atoms with Gasteiger partial charge in [-0.3, -0.25) is 4.79 Å². The van der Waals surface area contributed by atoms with Crippen molar-refractivity contribution < 1.29 is 14.1 Å². The van der Waals surface area contributed by atoms with Crippen molar-refractivity contribution >= 4 is 11.6 Å². The Labute approximate surface area is 145 Å². The van der Waals surface area contributed by atoms with E-state index < -0.39 is 0 Å². The molecule has 3 rings (SSSR count). The maximum absolute atomic E-state index is 12.0. The maximum Gasteiger partial charge on any atom is 0.262 e. The number of ether oxygens (including phenoxy) is 1. The van der Waals surface area contributed by atoms with Crippen molar-refractivity contribution in [3.8, 4) is 17.2 Å². The predicted octanol–water partition coefficient (Wildman–Crippen LogP) is 3.62. The van der Waals surface area contributed by atoms with Gasteiger partial charge in [-0.1, -0.05) is 29.8 Å². The summed E-state index contributed by atoms with van der Waals surface area (Å²) in [6, 6.07) is 14.8. The van der Waals surface area contributed by atoms with E-state index in [2.05, 4.69) is 15.5 Å². The van der Waals surface area contributed by atoms with Gasteiger partial charge < -0.3 is 14.6 Å². The number of nitrogens with zero attached hydrogens (tertiary/aromatic N) is 2. The van der Waals surface area contributed by atoms with E-state index in [9.17, 15) is 4.79 Å². The summed E-state index contributed by atoms with van der Waals surface area (Å²) in [7, 11) is 0. The number of aromatic nitrogens is 2. The first kappa shape index (κ1) is 16.7. The summed E-state index contributed by atoms with van der Waals surface area (Å²) < 4.78 is 10.6. The molecule has 3 aromatic rings. The van der Waals surface area contributed by atoms with Crippen LogP contribution in [-0.4, -0.2) is 22.7 Å². The average Bonchev–Trinajstić information content (AvgIpc) is 3.11. The van der Waals surface area contributed by atoms with E-state index in [-0.39, 0.29) is 12.5 Å². The first-order chi connectivity index (χ1) is 12.1. The molecular weight excluding hydrogens is 318 g/mol. The minimum Gasteiger partial charge on any atom is -0.484 e. The zero-order chi connectivity index (χ0) is 17.6. The van der Waals surface area contributed by atoms with Crippen LogP contribution in [0.15, 0.2) is 53.1 Å². The number of anilines is 1. The lowest BCUT2D eigenvalue weighted by molar-refractivity contribution is -0.118. The van der Waals surface area contributed by atoms with Crippen molar-refractivity contribution in [3.05, 3.63) is 59.9 Å². The van der Waals surface area contributed by atoms with Crippen LogP contribution in [0.3, 0.4) is 0 Å². The summed E-state index contributed by atoms with van der Waals surface area (Å²) in [5.41, 5.74) is 2.63. The number of hydrogen-bond donors (Lipinski definition) is 1. The molecular formula is C19H19N3O3. The molecule has 1 N–H and O–H groups in total. The fraction of sp³-hybridized carbons (Fsp3) is 0.211. The number of aryl methyl sites for hydroxylation is 2. The quantitative estimate of drug-likeness (QED) is 0.743. The van der Waals surface area contributed by atoms with Crippen LogP contribution >= 0.6 is 0 Å². The third-order valence-corrected chi connectivity index (χ3v) is 3.59. The highest BCUT2D eigenvalue weighted by Gasteiger charge is 2.08. The van der Waals surface area contributed by atoms with Crippen molar-refractivity contribution in [2.45, 2.75) is 20.3 Å². The lowest BCUT2D eigenvalue weighted by Gasteiger charge is -2.08. The molecule has 1 heterocycles. The molecule has 1 aromatic heterocycles. The average molecular weight is 337 g/mol. The molecule has 0 aliphatic carbocycles. The van der Waals surface area contributed by atoms with Crippen LogP contribution in [0.1, 0.15) is 18.3 Å². The summed E-state index contributed by atoms with van der Waals surface area (Å²) >= 11 is 0. The second-order valence-corrected chi connectivity index (χ2v) is 5.60. The third kappa shape index (κ3) is 4.44. The molecule has 0 aliphatic rings. The van der Waals surface area contributed by atoms with Gasteiger partial charge in [0.15, 0.2) is 12.4 Å². The fourth-order valence-electron chi connectivity index (χ4n) is 2.19. The molecule has 0 saturated carbocycles. The molecule has 0 radical (unpaired) electrons. The number of carbonyl (C=O) groups is 1. The summed E-state index contributed by atoms with van der Waals surface area (Å²) in [5, 5.41) is 6.66. The van der Waals surface area contributed by atoms with E-state index in [4.69, 9.17) is 9.26 Å². The highest BCUT2D eigenvalue weighted by Crippen LogP contribution is 2.20. The van der Waals surface area contributed by atoms with Crippen LogP contribution in [0.25, 0.3) is 11.5 Å². The lowest BCUT2D eigenvalue weighted by atomic mass is 10.2. The van der Waals surface area contributed by atoms with Crippen molar-refractivity contribution in [3.63, 3.8) is 0 Å². The Kier molecular flexibility index (Phi) is 5.09. The Morgan fingerprint density at radius 1 is 1.12 bits per heavy atom. The zero-order valence-electron chi connectivity index (χ0n) is 14.2. The van der Waals surface area contributed by atoms with Gasteiger partial charge in [0.2, 0.25) is 0 Å². The molecule has 1 amide bonds. The highest BCUT2D eigenvalue weighted by atomic mass is 16.5. The van der Waals surface area contributed by atoms with Gasteiger partial charge >= 0.3 is 0 Å². The summed E-state index contributed by atoms with van der Waals surface area (Å²) in [4.78, 5) is 16.2. The van der Waals surface area contributed by atoms with E-state index >= 15 is 0 Å². The normalized spacial score (nSPS) is 10.5. The standard InChI is InChI=1S/C19H19N3O3/c1-3-17-21-19(25-22-17)14-6-8-15(9-7-14)20-18(23)12-24-16-10-4-13(2)5-11-16/h4-11H,3,12H2,1-2H3,(H,20,23). The molecule has 0 spiro atoms. The van der Waals surface area contributed by atoms with E-state index in [1.807, 2.05) is 50.2 Å². The number of nitrogens with one attached hydrogen (secondary N) is 1. The highest BCUT2D eigenvalue weighted by molar-refractivity contribution is 5.92. The largest absolute Gasteiger partial charge is 0.484 e. The second kappa shape index (κ2) is 7.61. The van der Waals surface area contributed by atoms with E-state index in [0.29, 0.717) is 23.2 Å². The van der Waals surface area contributed by atoms with E-state index in [0.717, 1.165) is 17.5 Å². The Bertz CT molecular complexity index is 839. The molecule has 2 aromatic carbocycles. The van der Waals surface area contributed by atoms with Crippen molar-refractivity contribution in [1.29, 1.82) is 0 Å². The van der Waals surface area contributed by atoms with E-state index in [1.165, 1.54) is 0 Å². The number of hydrogen-bond acceptors (Lipinski definition) is 5. The molecule has 6 nitrogen and oxygen atoms in total. The second-order valence-electron chi connectivity index (χ2n) is 5.60. The van der Waals surface area contributed by atoms with Gasteiger partial charge in [-0.05, 0) is 43.3 Å². The molecule has 0 aliphatic heterocycles. The molecule has 128 valence electrons. The van der Waals surface area contributed by atoms with Gasteiger partial charge in [0.25, 0.3) is 11.8 Å². The maximum atomic E-state index is 12.0. The van der Waals surface area contributed by atoms with Gasteiger partial charge in [0, 0.05) is 17.7 Å². The number of amides is 1. The first-order valence-corrected chi connectivity index (χ1v) is 8.06. The summed E-state index contributed by atoms with van der Waals surface area (Å²) in [6.07, 6.45) is 0.721. The van der Waals surface area contributed by atoms with Crippen LogP contribution < -0.4 is 10.1 Å². The lowest BCUT2D eigenvalue weighted by Crippen LogP contribution is -2.20. The van der Waals surface area contributed by atoms with Crippen LogP contribution in [-0.2, 0) is 11.2 Å². The van der Waals surface area contributed by atoms with Gasteiger partial charge in [0.1, 0.15) is 5.75 Å². The number of rotatable bonds is 6. The first-order valence-electron chi connectivity index (χ1n) is 8.06. The monoisotopic (exact) mass is 337 g/mol. The number of benzene rings is 2. The van der Waals surface area contributed by atoms with Gasteiger partial charge in [-0.25, -0.2) is 0 Å². The fourth-order valence-corrected chi connectivity index (χ4v) is 2.19. The topological polar surface area (TPSA) is 77.2 Å². The molecule has 0 unspecified atom stereocenters. The predicted molar refractivity (Wildman–Crippen MR) is 94.4 cm³/mol. The molecule has 0 atom stereocenters. The summed E-state index contributed by atoms with van der Waals surface area (Å²) in [6.45, 7) is 3.91. The van der Waals surface area contributed by atoms with Crippen molar-refractivity contribution in [1.82, 2.24) is 10.1 Å². The van der Waals surface area contributed by atoms with Gasteiger partial charge in [-0.15, -0.1) is 0 Å². The Balaban J connectivity index is 1.55. The molecule has 6 heteroatoms. The van der Waals surface area contributed by atoms with Crippen molar-refractivity contribution in [2.24, 2.45) is 0 Å². The Morgan fingerprint density at radius 2 is 1.84 bits per heavy atom. The van der Waals surface area contributed by atoms with Crippen LogP contribution in [0.5, 0.6) is 5.75 Å². The van der Waals surface area contributed by atoms with Crippen LogP contribution in [0.2, 0.25) is 0 Å². The van der Waals surface area contributed by atoms with Crippen LogP contribution in [0.4, 0.5) is 5.69 Å². The minimum absolute atomic E-state index is 0.0473. The zero-order valence-corrected chi connectivity index (χ0v) is 14.2. The smallest absolute Gasteiger partial charge is 0.262 e. The van der Waals surface area contributed by atoms with Crippen molar-refractivity contribution in [2.75, 3.05) is 11.9 Å². The SMILES string of the molecule is CCc1noc(-c2ccc(NC(=O)COc3ccc(C)cc3)cc2)n1. The van der Waals surface area contributed by atoms with E-state index in [1.54, 1.807) is 12.1 Å². The number of carbonyl (C=O) groups excluding carboxylic acids is 1. The van der Waals surface area contributed by atoms with Gasteiger partial charge in [0.05, 0.1) is 0 Å². The molecule has 25 heavy (non-hydrogen) atoms. The Hall–Kier alpha value is -3.15. The minimum atomic E-state index is -0.223. The van der Waals surface area contributed by atoms with Gasteiger partial charge in [-0.2, -0.15) is 4.98 Å². The molecule has 0 saturated heterocycles. The third-order valence-electron chi connectivity index (χ3n) is 3.59. The molecule has 0 fully saturated rings. The molecule has 0 bridgehead atoms. The van der Waals surface area contributed by atoms with Crippen LogP contribution in [0, 0.1) is 6.92 Å². The Morgan fingerprint density at radius 3 is 2.48 bits per heavy atom. The summed E-state index contributed by atoms with van der Waals surface area (Å²) in [5.74, 6) is 1.58.